The second-order valence-electron chi connectivity index (χ2n) is 13.7. The van der Waals surface area contributed by atoms with Crippen molar-refractivity contribution >= 4 is 11.4 Å². The predicted molar refractivity (Wildman–Crippen MR) is 226 cm³/mol. The van der Waals surface area contributed by atoms with E-state index in [0.717, 1.165) is 72.6 Å². The molecule has 7 nitrogen and oxygen atoms in total. The number of hydrogen-bond donors (Lipinski definition) is 1. The van der Waals surface area contributed by atoms with Gasteiger partial charge in [0.2, 0.25) is 0 Å². The zero-order valence-corrected chi connectivity index (χ0v) is 31.2. The maximum absolute atomic E-state index is 9.62. The summed E-state index contributed by atoms with van der Waals surface area (Å²) in [6.45, 7) is 4.10. The van der Waals surface area contributed by atoms with Crippen LogP contribution in [0, 0.1) is 47.8 Å². The molecule has 7 aromatic carbocycles. The molecule has 0 bridgehead atoms. The van der Waals surface area contributed by atoms with E-state index in [1.807, 2.05) is 128 Å². The first-order valence-electron chi connectivity index (χ1n) is 18.4. The minimum Gasteiger partial charge on any atom is -0.355 e. The summed E-state index contributed by atoms with van der Waals surface area (Å²) in [5, 5.41) is 32.3. The van der Waals surface area contributed by atoms with E-state index < -0.39 is 0 Å². The molecule has 0 aliphatic rings. The van der Waals surface area contributed by atoms with Gasteiger partial charge in [0.25, 0.3) is 0 Å². The zero-order chi connectivity index (χ0) is 39.3. The lowest BCUT2D eigenvalue weighted by Crippen LogP contribution is -2.03. The molecule has 1 aromatic heterocycles. The summed E-state index contributed by atoms with van der Waals surface area (Å²) in [6.07, 6.45) is 0. The lowest BCUT2D eigenvalue weighted by Gasteiger charge is -2.17. The Morgan fingerprint density at radius 3 is 1.39 bits per heavy atom. The molecule has 0 aliphatic heterocycles. The third-order valence-corrected chi connectivity index (χ3v) is 9.90. The molecule has 0 saturated heterocycles. The second-order valence-corrected chi connectivity index (χ2v) is 13.7. The molecule has 0 atom stereocenters. The van der Waals surface area contributed by atoms with E-state index in [4.69, 9.17) is 15.0 Å². The van der Waals surface area contributed by atoms with Gasteiger partial charge in [0.15, 0.2) is 17.5 Å². The van der Waals surface area contributed by atoms with E-state index in [1.54, 1.807) is 18.2 Å². The molecule has 0 aliphatic carbocycles. The van der Waals surface area contributed by atoms with Gasteiger partial charge in [-0.2, -0.15) is 15.8 Å². The number of nitrogens with one attached hydrogen (secondary N) is 1. The van der Waals surface area contributed by atoms with Crippen molar-refractivity contribution in [1.29, 1.82) is 15.8 Å². The molecular weight excluding hydrogens is 699 g/mol. The van der Waals surface area contributed by atoms with Crippen molar-refractivity contribution in [3.63, 3.8) is 0 Å². The number of anilines is 2. The van der Waals surface area contributed by atoms with Crippen LogP contribution in [0.15, 0.2) is 158 Å². The van der Waals surface area contributed by atoms with Gasteiger partial charge >= 0.3 is 0 Å². The average Bonchev–Trinajstić information content (AvgIpc) is 3.27. The van der Waals surface area contributed by atoms with Crippen molar-refractivity contribution in [2.45, 2.75) is 13.8 Å². The highest BCUT2D eigenvalue weighted by Gasteiger charge is 2.18. The van der Waals surface area contributed by atoms with E-state index in [9.17, 15) is 15.8 Å². The van der Waals surface area contributed by atoms with Gasteiger partial charge in [-0.15, -0.1) is 0 Å². The van der Waals surface area contributed by atoms with E-state index in [0.29, 0.717) is 34.2 Å². The van der Waals surface area contributed by atoms with Crippen LogP contribution in [0.4, 0.5) is 11.4 Å². The van der Waals surface area contributed by atoms with Crippen LogP contribution < -0.4 is 5.32 Å². The molecule has 0 radical (unpaired) electrons. The van der Waals surface area contributed by atoms with Gasteiger partial charge in [-0.1, -0.05) is 103 Å². The molecule has 8 rings (SSSR count). The molecule has 57 heavy (non-hydrogen) atoms. The first-order valence-corrected chi connectivity index (χ1v) is 18.4. The second kappa shape index (κ2) is 15.7. The predicted octanol–water partition coefficient (Wildman–Crippen LogP) is 11.8. The first-order chi connectivity index (χ1) is 27.9. The van der Waals surface area contributed by atoms with Crippen molar-refractivity contribution < 1.29 is 0 Å². The molecule has 0 saturated carbocycles. The number of aryl methyl sites for hydroxylation is 2. The van der Waals surface area contributed by atoms with Crippen molar-refractivity contribution in [1.82, 2.24) is 15.0 Å². The Balaban J connectivity index is 1.29. The van der Waals surface area contributed by atoms with Crippen LogP contribution in [0.1, 0.15) is 27.8 Å². The molecular formula is C50H33N7. The molecule has 1 heterocycles. The quantitative estimate of drug-likeness (QED) is 0.165. The van der Waals surface area contributed by atoms with E-state index in [2.05, 4.69) is 48.6 Å². The molecule has 0 fully saturated rings. The smallest absolute Gasteiger partial charge is 0.166 e. The highest BCUT2D eigenvalue weighted by Crippen LogP contribution is 2.37. The highest BCUT2D eigenvalue weighted by atomic mass is 15.0. The van der Waals surface area contributed by atoms with Gasteiger partial charge in [0, 0.05) is 22.4 Å². The third kappa shape index (κ3) is 7.62. The number of para-hydroxylation sites is 1. The summed E-state index contributed by atoms with van der Waals surface area (Å²) in [6, 6.07) is 57.8. The SMILES string of the molecule is Cc1ccccc1Nc1cc(-c2cccc(C#N)c2)ccc1-c1nc(-c2ccc(-c3cccc(C#N)c3)cc2)nc(-c2ccc(-c3cccc(C#N)c3)cc2C)n1. The standard InChI is InChI=1S/C50H33N7/c1-32-8-3-4-15-46(32)54-47-28-43(41-14-7-11-36(27-41)31-53)21-23-45(47)50-56-48(38-18-16-37(17-19-38)39-12-5-9-34(25-39)29-51)55-49(57-50)44-22-20-42(24-33(44)2)40-13-6-10-35(26-40)30-52/h3-28,54H,1-2H3. The van der Waals surface area contributed by atoms with Crippen LogP contribution in [0.3, 0.4) is 0 Å². The van der Waals surface area contributed by atoms with Gasteiger partial charge in [0.1, 0.15) is 0 Å². The van der Waals surface area contributed by atoms with Gasteiger partial charge in [0.05, 0.1) is 40.6 Å². The molecule has 0 amide bonds. The topological polar surface area (TPSA) is 122 Å². The molecule has 7 heteroatoms. The number of aromatic nitrogens is 3. The van der Waals surface area contributed by atoms with Gasteiger partial charge in [-0.25, -0.2) is 15.0 Å². The van der Waals surface area contributed by atoms with E-state index in [1.165, 1.54) is 0 Å². The van der Waals surface area contributed by atoms with E-state index >= 15 is 0 Å². The maximum atomic E-state index is 9.62. The third-order valence-electron chi connectivity index (χ3n) is 9.90. The number of hydrogen-bond acceptors (Lipinski definition) is 7. The Hall–Kier alpha value is -8.18. The fourth-order valence-electron chi connectivity index (χ4n) is 6.84. The monoisotopic (exact) mass is 731 g/mol. The van der Waals surface area contributed by atoms with Crippen molar-refractivity contribution in [2.75, 3.05) is 5.32 Å². The summed E-state index contributed by atoms with van der Waals surface area (Å²) >= 11 is 0. The maximum Gasteiger partial charge on any atom is 0.166 e. The number of benzene rings is 7. The summed E-state index contributed by atoms with van der Waals surface area (Å²) in [7, 11) is 0. The van der Waals surface area contributed by atoms with E-state index in [-0.39, 0.29) is 0 Å². The highest BCUT2D eigenvalue weighted by molar-refractivity contribution is 5.85. The Bertz CT molecular complexity index is 2940. The normalized spacial score (nSPS) is 10.6. The van der Waals surface area contributed by atoms with Gasteiger partial charge < -0.3 is 5.32 Å². The summed E-state index contributed by atoms with van der Waals surface area (Å²) in [5.41, 5.74) is 13.7. The van der Waals surface area contributed by atoms with Crippen LogP contribution in [0.25, 0.3) is 67.5 Å². The lowest BCUT2D eigenvalue weighted by molar-refractivity contribution is 1.07. The fraction of sp³-hybridized carbons (Fsp3) is 0.0400. The lowest BCUT2D eigenvalue weighted by atomic mass is 9.98. The molecule has 268 valence electrons. The fourth-order valence-corrected chi connectivity index (χ4v) is 6.84. The number of rotatable bonds is 8. The zero-order valence-electron chi connectivity index (χ0n) is 31.2. The van der Waals surface area contributed by atoms with Crippen LogP contribution >= 0.6 is 0 Å². The van der Waals surface area contributed by atoms with Crippen LogP contribution in [0.5, 0.6) is 0 Å². The summed E-state index contributed by atoms with van der Waals surface area (Å²) in [4.78, 5) is 15.3. The minimum absolute atomic E-state index is 0.486. The van der Waals surface area contributed by atoms with Crippen LogP contribution in [-0.4, -0.2) is 15.0 Å². The van der Waals surface area contributed by atoms with Gasteiger partial charge in [-0.05, 0) is 113 Å². The molecule has 8 aromatic rings. The number of nitrogens with zero attached hydrogens (tertiary/aromatic N) is 6. The molecule has 1 N–H and O–H groups in total. The Kier molecular flexibility index (Phi) is 9.84. The molecule has 0 spiro atoms. The van der Waals surface area contributed by atoms with Crippen LogP contribution in [-0.2, 0) is 0 Å². The Labute approximate surface area is 331 Å². The van der Waals surface area contributed by atoms with Crippen molar-refractivity contribution in [3.8, 4) is 85.8 Å². The summed E-state index contributed by atoms with van der Waals surface area (Å²) in [5.74, 6) is 1.51. The largest absolute Gasteiger partial charge is 0.355 e. The Morgan fingerprint density at radius 1 is 0.368 bits per heavy atom. The van der Waals surface area contributed by atoms with Crippen molar-refractivity contribution in [2.24, 2.45) is 0 Å². The van der Waals surface area contributed by atoms with Crippen molar-refractivity contribution in [3.05, 3.63) is 186 Å². The average molecular weight is 732 g/mol. The first kappa shape index (κ1) is 35.8. The Morgan fingerprint density at radius 2 is 0.825 bits per heavy atom. The van der Waals surface area contributed by atoms with Crippen LogP contribution in [0.2, 0.25) is 0 Å². The summed E-state index contributed by atoms with van der Waals surface area (Å²) < 4.78 is 0. The van der Waals surface area contributed by atoms with Gasteiger partial charge in [-0.3, -0.25) is 0 Å². The number of nitriles is 3. The molecule has 0 unspecified atom stereocenters. The minimum atomic E-state index is 0.486.